The average molecular weight is 312 g/mol. The van der Waals surface area contributed by atoms with Crippen molar-refractivity contribution in [1.29, 1.82) is 0 Å². The van der Waals surface area contributed by atoms with E-state index in [1.165, 1.54) is 6.33 Å². The number of amides is 1. The van der Waals surface area contributed by atoms with E-state index in [2.05, 4.69) is 10.2 Å². The van der Waals surface area contributed by atoms with Gasteiger partial charge in [-0.25, -0.2) is 0 Å². The van der Waals surface area contributed by atoms with E-state index >= 15 is 0 Å². The maximum atomic E-state index is 12.0. The van der Waals surface area contributed by atoms with Gasteiger partial charge in [0.2, 0.25) is 5.91 Å². The van der Waals surface area contributed by atoms with Crippen LogP contribution in [0, 0.1) is 0 Å². The van der Waals surface area contributed by atoms with Gasteiger partial charge in [0, 0.05) is 6.04 Å². The Hall–Kier alpha value is -1.29. The molecule has 0 fully saturated rings. The summed E-state index contributed by atoms with van der Waals surface area (Å²) in [5, 5.41) is 18.8. The minimum absolute atomic E-state index is 0.101. The summed E-state index contributed by atoms with van der Waals surface area (Å²) in [5.41, 5.74) is 0. The fraction of sp³-hybridized carbons (Fsp3) is 0.700. The van der Waals surface area contributed by atoms with Crippen molar-refractivity contribution in [1.82, 2.24) is 20.1 Å². The van der Waals surface area contributed by atoms with Crippen LogP contribution in [0.5, 0.6) is 0 Å². The number of nitrogens with zero attached hydrogens (tertiary/aromatic N) is 3. The molecule has 1 aromatic rings. The molecule has 1 heterocycles. The van der Waals surface area contributed by atoms with Gasteiger partial charge in [-0.05, 0) is 13.8 Å². The number of nitrogens with one attached hydrogen (secondary N) is 1. The van der Waals surface area contributed by atoms with E-state index in [4.69, 9.17) is 5.11 Å². The highest BCUT2D eigenvalue weighted by atomic mass is 32.2. The summed E-state index contributed by atoms with van der Waals surface area (Å²) in [4.78, 5) is 11.4. The highest BCUT2D eigenvalue weighted by Crippen LogP contribution is 2.20. The van der Waals surface area contributed by atoms with Gasteiger partial charge in [0.25, 0.3) is 0 Å². The van der Waals surface area contributed by atoms with Crippen molar-refractivity contribution >= 4 is 17.7 Å². The summed E-state index contributed by atoms with van der Waals surface area (Å²) in [5.74, 6) is -0.715. The molecule has 0 aliphatic heterocycles. The van der Waals surface area contributed by atoms with Crippen LogP contribution >= 0.6 is 11.8 Å². The zero-order chi connectivity index (χ0) is 15.3. The number of carbonyl (C=O) groups is 1. The normalized spacial score (nSPS) is 13.6. The average Bonchev–Trinajstić information content (AvgIpc) is 2.80. The van der Waals surface area contributed by atoms with Crippen molar-refractivity contribution in [2.75, 3.05) is 12.3 Å². The molecule has 0 bridgehead atoms. The maximum Gasteiger partial charge on any atom is 0.416 e. The third-order valence-corrected chi connectivity index (χ3v) is 3.26. The standard InChI is InChI=1S/C10H15F3N4O2S/c1-6(2)17-5-15-16-9(17)20-4-8(19)14-3-7(18)10(11,12)13/h5-7,18H,3-4H2,1-2H3,(H,14,19). The molecule has 0 saturated heterocycles. The second kappa shape index (κ2) is 6.93. The van der Waals surface area contributed by atoms with E-state index in [1.54, 1.807) is 4.57 Å². The Morgan fingerprint density at radius 1 is 1.55 bits per heavy atom. The summed E-state index contributed by atoms with van der Waals surface area (Å²) in [6.07, 6.45) is -5.79. The first-order valence-corrected chi connectivity index (χ1v) is 6.74. The van der Waals surface area contributed by atoms with Gasteiger partial charge in [-0.3, -0.25) is 4.79 Å². The number of hydrogen-bond acceptors (Lipinski definition) is 5. The summed E-state index contributed by atoms with van der Waals surface area (Å²) in [6.45, 7) is 2.96. The van der Waals surface area contributed by atoms with Crippen LogP contribution in [0.3, 0.4) is 0 Å². The number of halogens is 3. The van der Waals surface area contributed by atoms with Crippen LogP contribution in [-0.4, -0.2) is 50.4 Å². The first-order chi connectivity index (χ1) is 9.21. The fourth-order valence-electron chi connectivity index (χ4n) is 1.20. The van der Waals surface area contributed by atoms with Crippen molar-refractivity contribution in [2.24, 2.45) is 0 Å². The van der Waals surface area contributed by atoms with Gasteiger partial charge in [-0.2, -0.15) is 13.2 Å². The molecule has 6 nitrogen and oxygen atoms in total. The molecule has 0 spiro atoms. The monoisotopic (exact) mass is 312 g/mol. The smallest absolute Gasteiger partial charge is 0.382 e. The molecular weight excluding hydrogens is 297 g/mol. The molecular formula is C10H15F3N4O2S. The Kier molecular flexibility index (Phi) is 5.81. The topological polar surface area (TPSA) is 80.0 Å². The van der Waals surface area contributed by atoms with Gasteiger partial charge in [0.1, 0.15) is 6.33 Å². The predicted octanol–water partition coefficient (Wildman–Crippen LogP) is 0.990. The number of rotatable bonds is 6. The van der Waals surface area contributed by atoms with Crippen molar-refractivity contribution < 1.29 is 23.1 Å². The zero-order valence-corrected chi connectivity index (χ0v) is 11.7. The van der Waals surface area contributed by atoms with Gasteiger partial charge >= 0.3 is 6.18 Å². The van der Waals surface area contributed by atoms with Crippen LogP contribution < -0.4 is 5.32 Å². The minimum Gasteiger partial charge on any atom is -0.382 e. The van der Waals surface area contributed by atoms with Crippen LogP contribution in [0.25, 0.3) is 0 Å². The van der Waals surface area contributed by atoms with E-state index in [9.17, 15) is 18.0 Å². The molecule has 0 saturated carbocycles. The van der Waals surface area contributed by atoms with Crippen LogP contribution in [-0.2, 0) is 4.79 Å². The highest BCUT2D eigenvalue weighted by Gasteiger charge is 2.38. The second-order valence-corrected chi connectivity index (χ2v) is 5.21. The molecule has 0 aliphatic carbocycles. The van der Waals surface area contributed by atoms with E-state index < -0.39 is 24.7 Å². The van der Waals surface area contributed by atoms with Crippen molar-refractivity contribution in [3.8, 4) is 0 Å². The molecule has 1 unspecified atom stereocenters. The quantitative estimate of drug-likeness (QED) is 0.766. The molecule has 0 radical (unpaired) electrons. The summed E-state index contributed by atoms with van der Waals surface area (Å²) in [6, 6.07) is 0.114. The zero-order valence-electron chi connectivity index (χ0n) is 10.9. The Morgan fingerprint density at radius 2 is 2.20 bits per heavy atom. The van der Waals surface area contributed by atoms with Gasteiger partial charge in [0.15, 0.2) is 11.3 Å². The molecule has 0 aromatic carbocycles. The van der Waals surface area contributed by atoms with Gasteiger partial charge in [0.05, 0.1) is 12.3 Å². The predicted molar refractivity (Wildman–Crippen MR) is 66.2 cm³/mol. The van der Waals surface area contributed by atoms with E-state index in [1.807, 2.05) is 19.2 Å². The number of aromatic nitrogens is 3. The third kappa shape index (κ3) is 5.00. The summed E-state index contributed by atoms with van der Waals surface area (Å²) >= 11 is 1.06. The number of thioether (sulfide) groups is 1. The molecule has 1 rings (SSSR count). The number of alkyl halides is 3. The summed E-state index contributed by atoms with van der Waals surface area (Å²) < 4.78 is 37.8. The Bertz CT molecular complexity index is 450. The molecule has 1 atom stereocenters. The summed E-state index contributed by atoms with van der Waals surface area (Å²) in [7, 11) is 0. The van der Waals surface area contributed by atoms with Gasteiger partial charge < -0.3 is 15.0 Å². The Balaban J connectivity index is 2.39. The maximum absolute atomic E-state index is 12.0. The Labute approximate surface area is 117 Å². The lowest BCUT2D eigenvalue weighted by atomic mass is 10.3. The van der Waals surface area contributed by atoms with Crippen LogP contribution in [0.1, 0.15) is 19.9 Å². The third-order valence-electron chi connectivity index (χ3n) is 2.30. The van der Waals surface area contributed by atoms with Crippen molar-refractivity contribution in [2.45, 2.75) is 37.3 Å². The number of carbonyl (C=O) groups excluding carboxylic acids is 1. The fourth-order valence-corrected chi connectivity index (χ4v) is 2.07. The van der Waals surface area contributed by atoms with Crippen LogP contribution in [0.4, 0.5) is 13.2 Å². The molecule has 10 heteroatoms. The number of hydrogen-bond donors (Lipinski definition) is 2. The van der Waals surface area contributed by atoms with E-state index in [0.29, 0.717) is 5.16 Å². The van der Waals surface area contributed by atoms with Crippen molar-refractivity contribution in [3.63, 3.8) is 0 Å². The lowest BCUT2D eigenvalue weighted by Crippen LogP contribution is -2.41. The van der Waals surface area contributed by atoms with Crippen LogP contribution in [0.15, 0.2) is 11.5 Å². The van der Waals surface area contributed by atoms with Gasteiger partial charge in [-0.1, -0.05) is 11.8 Å². The van der Waals surface area contributed by atoms with E-state index in [-0.39, 0.29) is 11.8 Å². The molecule has 20 heavy (non-hydrogen) atoms. The molecule has 114 valence electrons. The first kappa shape index (κ1) is 16.8. The minimum atomic E-state index is -4.74. The van der Waals surface area contributed by atoms with E-state index in [0.717, 1.165) is 11.8 Å². The SMILES string of the molecule is CC(C)n1cnnc1SCC(=O)NCC(O)C(F)(F)F. The molecule has 0 aliphatic rings. The first-order valence-electron chi connectivity index (χ1n) is 5.75. The van der Waals surface area contributed by atoms with Crippen molar-refractivity contribution in [3.05, 3.63) is 6.33 Å². The number of aliphatic hydroxyl groups excluding tert-OH is 1. The molecule has 2 N–H and O–H groups in total. The molecule has 1 aromatic heterocycles. The highest BCUT2D eigenvalue weighted by molar-refractivity contribution is 7.99. The largest absolute Gasteiger partial charge is 0.416 e. The van der Waals surface area contributed by atoms with Crippen LogP contribution in [0.2, 0.25) is 0 Å². The lowest BCUT2D eigenvalue weighted by molar-refractivity contribution is -0.201. The number of aliphatic hydroxyl groups is 1. The molecule has 1 amide bonds. The second-order valence-electron chi connectivity index (χ2n) is 4.26. The van der Waals surface area contributed by atoms with Gasteiger partial charge in [-0.15, -0.1) is 10.2 Å². The lowest BCUT2D eigenvalue weighted by Gasteiger charge is -2.15. The Morgan fingerprint density at radius 3 is 2.75 bits per heavy atom.